The molecule has 96 valence electrons. The van der Waals surface area contributed by atoms with E-state index in [1.54, 1.807) is 4.90 Å². The minimum atomic E-state index is -0.0510. The van der Waals surface area contributed by atoms with Crippen LogP contribution in [0.15, 0.2) is 0 Å². The van der Waals surface area contributed by atoms with Crippen LogP contribution in [0.4, 0.5) is 0 Å². The van der Waals surface area contributed by atoms with Gasteiger partial charge in [0.1, 0.15) is 0 Å². The van der Waals surface area contributed by atoms with E-state index in [1.165, 1.54) is 0 Å². The van der Waals surface area contributed by atoms with Crippen LogP contribution in [0, 0.1) is 24.2 Å². The maximum Gasteiger partial charge on any atom is 0.229 e. The number of hydrogen-bond acceptors (Lipinski definition) is 2. The van der Waals surface area contributed by atoms with Crippen molar-refractivity contribution >= 4 is 5.91 Å². The molecule has 0 aromatic rings. The topological polar surface area (TPSA) is 29.5 Å². The largest absolute Gasteiger partial charge is 0.374 e. The molecule has 1 aliphatic heterocycles. The fourth-order valence-electron chi connectivity index (χ4n) is 2.55. The van der Waals surface area contributed by atoms with Crippen LogP contribution < -0.4 is 0 Å². The molecule has 0 aromatic carbocycles. The maximum absolute atomic E-state index is 12.4. The first kappa shape index (κ1) is 14.1. The lowest BCUT2D eigenvalue weighted by Gasteiger charge is -2.26. The summed E-state index contributed by atoms with van der Waals surface area (Å²) in [4.78, 5) is 14.2. The van der Waals surface area contributed by atoms with Gasteiger partial charge in [-0.25, -0.2) is 0 Å². The molecular formula is C14H23NO2. The summed E-state index contributed by atoms with van der Waals surface area (Å²) in [6.07, 6.45) is 6.38. The van der Waals surface area contributed by atoms with E-state index in [4.69, 9.17) is 11.2 Å². The fraction of sp³-hybridized carbons (Fsp3) is 0.786. The van der Waals surface area contributed by atoms with Crippen molar-refractivity contribution in [3.8, 4) is 12.3 Å². The molecule has 1 saturated heterocycles. The molecule has 3 heteroatoms. The van der Waals surface area contributed by atoms with Crippen LogP contribution in [0.3, 0.4) is 0 Å². The van der Waals surface area contributed by atoms with Crippen molar-refractivity contribution in [1.29, 1.82) is 0 Å². The van der Waals surface area contributed by atoms with E-state index in [-0.39, 0.29) is 30.0 Å². The lowest BCUT2D eigenvalue weighted by Crippen LogP contribution is -2.41. The molecule has 0 aromatic heterocycles. The van der Waals surface area contributed by atoms with E-state index in [2.05, 4.69) is 19.8 Å². The Morgan fingerprint density at radius 3 is 2.41 bits per heavy atom. The second-order valence-electron chi connectivity index (χ2n) is 4.90. The standard InChI is InChI=1S/C14H23NO2/c1-6-8-15(9-7-2)14(16)13-10(3)11(4)17-12(13)5/h1,10-13H,7-9H2,2-5H3. The van der Waals surface area contributed by atoms with Crippen LogP contribution in [0.2, 0.25) is 0 Å². The Labute approximate surface area is 105 Å². The third kappa shape index (κ3) is 3.01. The third-order valence-electron chi connectivity index (χ3n) is 3.61. The molecular weight excluding hydrogens is 214 g/mol. The number of carbonyl (C=O) groups excluding carboxylic acids is 1. The van der Waals surface area contributed by atoms with Gasteiger partial charge in [-0.15, -0.1) is 6.42 Å². The van der Waals surface area contributed by atoms with Gasteiger partial charge in [0.05, 0.1) is 24.7 Å². The quantitative estimate of drug-likeness (QED) is 0.699. The Balaban J connectivity index is 2.76. The monoisotopic (exact) mass is 237 g/mol. The first-order valence-corrected chi connectivity index (χ1v) is 6.40. The molecule has 0 aliphatic carbocycles. The van der Waals surface area contributed by atoms with Gasteiger partial charge in [-0.3, -0.25) is 4.79 Å². The number of nitrogens with zero attached hydrogens (tertiary/aromatic N) is 1. The van der Waals surface area contributed by atoms with E-state index in [0.29, 0.717) is 6.54 Å². The molecule has 1 rings (SSSR count). The Morgan fingerprint density at radius 2 is 2.00 bits per heavy atom. The Bertz CT molecular complexity index is 308. The smallest absolute Gasteiger partial charge is 0.229 e. The molecule has 3 nitrogen and oxygen atoms in total. The number of rotatable bonds is 4. The van der Waals surface area contributed by atoms with E-state index in [9.17, 15) is 4.79 Å². The molecule has 0 spiro atoms. The van der Waals surface area contributed by atoms with Gasteiger partial charge < -0.3 is 9.64 Å². The van der Waals surface area contributed by atoms with Crippen molar-refractivity contribution in [2.75, 3.05) is 13.1 Å². The van der Waals surface area contributed by atoms with E-state index in [1.807, 2.05) is 13.8 Å². The van der Waals surface area contributed by atoms with Crippen LogP contribution in [0.5, 0.6) is 0 Å². The van der Waals surface area contributed by atoms with Crippen LogP contribution in [0.1, 0.15) is 34.1 Å². The van der Waals surface area contributed by atoms with Crippen LogP contribution in [-0.2, 0) is 9.53 Å². The molecule has 17 heavy (non-hydrogen) atoms. The summed E-state index contributed by atoms with van der Waals surface area (Å²) in [6, 6.07) is 0. The molecule has 1 fully saturated rings. The zero-order chi connectivity index (χ0) is 13.0. The first-order chi connectivity index (χ1) is 8.02. The van der Waals surface area contributed by atoms with Gasteiger partial charge in [-0.1, -0.05) is 19.8 Å². The molecule has 4 atom stereocenters. The maximum atomic E-state index is 12.4. The lowest BCUT2D eigenvalue weighted by atomic mass is 9.88. The average molecular weight is 237 g/mol. The normalized spacial score (nSPS) is 32.2. The third-order valence-corrected chi connectivity index (χ3v) is 3.61. The van der Waals surface area contributed by atoms with Gasteiger partial charge >= 0.3 is 0 Å². The van der Waals surface area contributed by atoms with Gasteiger partial charge in [0.25, 0.3) is 0 Å². The predicted octanol–water partition coefficient (Wildman–Crippen LogP) is 1.92. The van der Waals surface area contributed by atoms with E-state index >= 15 is 0 Å². The van der Waals surface area contributed by atoms with Crippen molar-refractivity contribution in [2.24, 2.45) is 11.8 Å². The summed E-state index contributed by atoms with van der Waals surface area (Å²) >= 11 is 0. The highest BCUT2D eigenvalue weighted by Gasteiger charge is 2.42. The van der Waals surface area contributed by atoms with Crippen molar-refractivity contribution in [3.63, 3.8) is 0 Å². The van der Waals surface area contributed by atoms with Gasteiger partial charge in [-0.05, 0) is 26.2 Å². The average Bonchev–Trinajstić information content (AvgIpc) is 2.52. The molecule has 1 heterocycles. The first-order valence-electron chi connectivity index (χ1n) is 6.40. The van der Waals surface area contributed by atoms with Crippen molar-refractivity contribution in [2.45, 2.75) is 46.3 Å². The van der Waals surface area contributed by atoms with Crippen LogP contribution in [-0.4, -0.2) is 36.1 Å². The molecule has 1 amide bonds. The molecule has 0 saturated carbocycles. The number of ether oxygens (including phenoxy) is 1. The highest BCUT2D eigenvalue weighted by atomic mass is 16.5. The summed E-state index contributed by atoms with van der Waals surface area (Å²) in [5.74, 6) is 2.92. The Kier molecular flexibility index (Phi) is 5.02. The predicted molar refractivity (Wildman–Crippen MR) is 68.4 cm³/mol. The summed E-state index contributed by atoms with van der Waals surface area (Å²) < 4.78 is 5.71. The fourth-order valence-corrected chi connectivity index (χ4v) is 2.55. The zero-order valence-corrected chi connectivity index (χ0v) is 11.3. The molecule has 1 aliphatic rings. The summed E-state index contributed by atoms with van der Waals surface area (Å²) in [5, 5.41) is 0. The van der Waals surface area contributed by atoms with Crippen molar-refractivity contribution in [3.05, 3.63) is 0 Å². The highest BCUT2D eigenvalue weighted by molar-refractivity contribution is 5.80. The minimum Gasteiger partial charge on any atom is -0.374 e. The SMILES string of the molecule is C#CCN(CCC)C(=O)C1C(C)OC(C)C1C. The number of terminal acetylenes is 1. The van der Waals surface area contributed by atoms with Gasteiger partial charge in [-0.2, -0.15) is 0 Å². The Hall–Kier alpha value is -1.01. The van der Waals surface area contributed by atoms with Gasteiger partial charge in [0.15, 0.2) is 0 Å². The Morgan fingerprint density at radius 1 is 1.35 bits per heavy atom. The zero-order valence-electron chi connectivity index (χ0n) is 11.3. The molecule has 0 N–H and O–H groups in total. The number of hydrogen-bond donors (Lipinski definition) is 0. The second kappa shape index (κ2) is 6.07. The van der Waals surface area contributed by atoms with E-state index < -0.39 is 0 Å². The van der Waals surface area contributed by atoms with Gasteiger partial charge in [0.2, 0.25) is 5.91 Å². The molecule has 0 radical (unpaired) electrons. The summed E-state index contributed by atoms with van der Waals surface area (Å²) in [6.45, 7) is 9.26. The van der Waals surface area contributed by atoms with Gasteiger partial charge in [0, 0.05) is 6.54 Å². The van der Waals surface area contributed by atoms with Crippen molar-refractivity contribution < 1.29 is 9.53 Å². The summed E-state index contributed by atoms with van der Waals surface area (Å²) in [5.41, 5.74) is 0. The van der Waals surface area contributed by atoms with E-state index in [0.717, 1.165) is 13.0 Å². The molecule has 0 bridgehead atoms. The lowest BCUT2D eigenvalue weighted by molar-refractivity contribution is -0.137. The van der Waals surface area contributed by atoms with Crippen LogP contribution in [0.25, 0.3) is 0 Å². The summed E-state index contributed by atoms with van der Waals surface area (Å²) in [7, 11) is 0. The number of carbonyl (C=O) groups is 1. The highest BCUT2D eigenvalue weighted by Crippen LogP contribution is 2.33. The van der Waals surface area contributed by atoms with Crippen molar-refractivity contribution in [1.82, 2.24) is 4.90 Å². The van der Waals surface area contributed by atoms with Crippen LogP contribution >= 0.6 is 0 Å². The molecule has 4 unspecified atom stereocenters. The second-order valence-corrected chi connectivity index (χ2v) is 4.90. The number of amides is 1. The minimum absolute atomic E-state index is 0.00960.